The van der Waals surface area contributed by atoms with E-state index in [0.717, 1.165) is 34.3 Å². The first-order valence-corrected chi connectivity index (χ1v) is 7.90. The number of nitrogens with zero attached hydrogens (tertiary/aromatic N) is 3. The molecule has 3 rings (SSSR count). The Morgan fingerprint density at radius 3 is 2.52 bits per heavy atom. The van der Waals surface area contributed by atoms with E-state index < -0.39 is 23.2 Å². The molecule has 2 N–H and O–H groups in total. The molecule has 0 aliphatic carbocycles. The van der Waals surface area contributed by atoms with Crippen LogP contribution in [0.5, 0.6) is 0 Å². The van der Waals surface area contributed by atoms with Crippen LogP contribution in [0.15, 0.2) is 47.5 Å². The summed E-state index contributed by atoms with van der Waals surface area (Å²) in [6.07, 6.45) is 1.78. The van der Waals surface area contributed by atoms with Crippen LogP contribution in [-0.4, -0.2) is 26.1 Å². The minimum atomic E-state index is -1.52. The van der Waals surface area contributed by atoms with Gasteiger partial charge >= 0.3 is 5.97 Å². The largest absolute Gasteiger partial charge is 0.478 e. The number of carboxylic acids is 1. The highest BCUT2D eigenvalue weighted by Crippen LogP contribution is 2.26. The molecule has 128 valence electrons. The van der Waals surface area contributed by atoms with Gasteiger partial charge in [0.25, 0.3) is 0 Å². The van der Waals surface area contributed by atoms with Crippen molar-refractivity contribution in [1.82, 2.24) is 15.0 Å². The molecule has 1 aromatic heterocycles. The number of carbonyl (C=O) groups is 1. The van der Waals surface area contributed by atoms with Gasteiger partial charge in [-0.05, 0) is 49.2 Å². The Morgan fingerprint density at radius 1 is 1.20 bits per heavy atom. The Morgan fingerprint density at radius 2 is 1.92 bits per heavy atom. The minimum Gasteiger partial charge on any atom is -0.478 e. The molecule has 0 spiro atoms. The van der Waals surface area contributed by atoms with Crippen molar-refractivity contribution in [2.24, 2.45) is 0 Å². The van der Waals surface area contributed by atoms with Gasteiger partial charge in [0.15, 0.2) is 0 Å². The molecule has 2 aromatic carbocycles. The van der Waals surface area contributed by atoms with Crippen LogP contribution in [0.25, 0.3) is 5.69 Å². The molecule has 0 unspecified atom stereocenters. The van der Waals surface area contributed by atoms with Crippen LogP contribution in [0.1, 0.15) is 16.1 Å². The molecule has 1 heterocycles. The first-order valence-electron chi connectivity index (χ1n) is 7.08. The van der Waals surface area contributed by atoms with Gasteiger partial charge in [0.05, 0.1) is 28.8 Å². The van der Waals surface area contributed by atoms with Gasteiger partial charge in [0.2, 0.25) is 0 Å². The average Bonchev–Trinajstić information content (AvgIpc) is 3.02. The summed E-state index contributed by atoms with van der Waals surface area (Å²) in [5, 5.41) is 16.6. The zero-order valence-electron chi connectivity index (χ0n) is 12.9. The van der Waals surface area contributed by atoms with E-state index in [4.69, 9.17) is 5.11 Å². The van der Waals surface area contributed by atoms with Gasteiger partial charge in [-0.2, -0.15) is 0 Å². The van der Waals surface area contributed by atoms with Crippen molar-refractivity contribution in [3.63, 3.8) is 0 Å². The van der Waals surface area contributed by atoms with E-state index in [2.05, 4.69) is 15.0 Å². The second kappa shape index (κ2) is 6.89. The number of halogens is 2. The van der Waals surface area contributed by atoms with E-state index >= 15 is 0 Å². The zero-order chi connectivity index (χ0) is 18.0. The molecule has 0 bridgehead atoms. The van der Waals surface area contributed by atoms with Crippen LogP contribution >= 0.6 is 11.9 Å². The summed E-state index contributed by atoms with van der Waals surface area (Å²) in [5.74, 6) is -3.37. The number of aromatic carboxylic acids is 1. The maximum Gasteiger partial charge on any atom is 0.338 e. The molecule has 0 aliphatic heterocycles. The molecule has 0 saturated carbocycles. The van der Waals surface area contributed by atoms with Crippen molar-refractivity contribution in [3.05, 3.63) is 65.5 Å². The molecule has 0 radical (unpaired) electrons. The van der Waals surface area contributed by atoms with Crippen LogP contribution in [-0.2, 0) is 0 Å². The first-order chi connectivity index (χ1) is 11.9. The maximum atomic E-state index is 13.9. The number of hydrogen-bond donors (Lipinski definition) is 2. The number of aryl methyl sites for hydroxylation is 1. The van der Waals surface area contributed by atoms with E-state index in [-0.39, 0.29) is 5.69 Å². The highest BCUT2D eigenvalue weighted by Gasteiger charge is 2.15. The summed E-state index contributed by atoms with van der Waals surface area (Å²) in [5.41, 5.74) is 0.763. The Kier molecular flexibility index (Phi) is 4.66. The Labute approximate surface area is 145 Å². The summed E-state index contributed by atoms with van der Waals surface area (Å²) < 4.78 is 31.8. The number of anilines is 1. The molecular formula is C16H12F2N4O2S. The fourth-order valence-corrected chi connectivity index (χ4v) is 2.70. The fourth-order valence-electron chi connectivity index (χ4n) is 2.04. The molecule has 0 fully saturated rings. The van der Waals surface area contributed by atoms with Gasteiger partial charge < -0.3 is 9.83 Å². The van der Waals surface area contributed by atoms with E-state index in [1.165, 1.54) is 0 Å². The van der Waals surface area contributed by atoms with Crippen LogP contribution < -0.4 is 4.72 Å². The SMILES string of the molecule is Cc1cn(-c2ccc(SNc3cc(F)c(C(=O)O)cc3F)cc2)nn1. The molecule has 3 aromatic rings. The Balaban J connectivity index is 1.71. The molecule has 9 heteroatoms. The third-order valence-corrected chi connectivity index (χ3v) is 4.11. The van der Waals surface area contributed by atoms with Gasteiger partial charge in [-0.25, -0.2) is 18.3 Å². The summed E-state index contributed by atoms with van der Waals surface area (Å²) in [4.78, 5) is 11.5. The number of aromatic nitrogens is 3. The van der Waals surface area contributed by atoms with Crippen molar-refractivity contribution in [3.8, 4) is 5.69 Å². The van der Waals surface area contributed by atoms with Crippen molar-refractivity contribution >= 4 is 23.6 Å². The van der Waals surface area contributed by atoms with Crippen LogP contribution in [0.4, 0.5) is 14.5 Å². The predicted molar refractivity (Wildman–Crippen MR) is 88.9 cm³/mol. The van der Waals surface area contributed by atoms with Gasteiger partial charge in [-0.15, -0.1) is 5.10 Å². The molecule has 0 atom stereocenters. The van der Waals surface area contributed by atoms with E-state index in [1.807, 2.05) is 19.1 Å². The normalized spacial score (nSPS) is 10.7. The van der Waals surface area contributed by atoms with Gasteiger partial charge in [0, 0.05) is 11.0 Å². The molecule has 0 aliphatic rings. The third kappa shape index (κ3) is 3.77. The molecule has 6 nitrogen and oxygen atoms in total. The highest BCUT2D eigenvalue weighted by atomic mass is 32.2. The second-order valence-electron chi connectivity index (χ2n) is 5.12. The number of rotatable bonds is 5. The van der Waals surface area contributed by atoms with Crippen LogP contribution in [0.3, 0.4) is 0 Å². The predicted octanol–water partition coefficient (Wildman–Crippen LogP) is 3.67. The van der Waals surface area contributed by atoms with Crippen LogP contribution in [0.2, 0.25) is 0 Å². The van der Waals surface area contributed by atoms with Gasteiger partial charge in [-0.3, -0.25) is 0 Å². The minimum absolute atomic E-state index is 0.136. The summed E-state index contributed by atoms with van der Waals surface area (Å²) in [7, 11) is 0. The molecular weight excluding hydrogens is 350 g/mol. The lowest BCUT2D eigenvalue weighted by Gasteiger charge is -2.09. The lowest BCUT2D eigenvalue weighted by atomic mass is 10.2. The third-order valence-electron chi connectivity index (χ3n) is 3.28. The van der Waals surface area contributed by atoms with Gasteiger partial charge in [0.1, 0.15) is 11.6 Å². The van der Waals surface area contributed by atoms with Crippen molar-refractivity contribution in [2.75, 3.05) is 4.72 Å². The standard InChI is InChI=1S/C16H12F2N4O2S/c1-9-8-22(21-19-9)10-2-4-11(5-3-10)25-20-15-7-13(17)12(16(23)24)6-14(15)18/h2-8,20H,1H3,(H,23,24). The summed E-state index contributed by atoms with van der Waals surface area (Å²) >= 11 is 1.07. The number of carboxylic acid groups (broad SMARTS) is 1. The van der Waals surface area contributed by atoms with Crippen molar-refractivity contribution < 1.29 is 18.7 Å². The summed E-state index contributed by atoms with van der Waals surface area (Å²) in [6, 6.07) is 8.65. The molecule has 0 saturated heterocycles. The topological polar surface area (TPSA) is 80.0 Å². The lowest BCUT2D eigenvalue weighted by Crippen LogP contribution is -2.03. The first kappa shape index (κ1) is 16.9. The maximum absolute atomic E-state index is 13.9. The number of benzene rings is 2. The van der Waals surface area contributed by atoms with Crippen molar-refractivity contribution in [2.45, 2.75) is 11.8 Å². The van der Waals surface area contributed by atoms with Gasteiger partial charge in [-0.1, -0.05) is 5.21 Å². The average molecular weight is 362 g/mol. The Hall–Kier alpha value is -2.94. The van der Waals surface area contributed by atoms with E-state index in [1.54, 1.807) is 23.0 Å². The monoisotopic (exact) mass is 362 g/mol. The van der Waals surface area contributed by atoms with Crippen LogP contribution in [0, 0.1) is 18.6 Å². The zero-order valence-corrected chi connectivity index (χ0v) is 13.7. The summed E-state index contributed by atoms with van der Waals surface area (Å²) in [6.45, 7) is 1.83. The van der Waals surface area contributed by atoms with E-state index in [9.17, 15) is 13.6 Å². The fraction of sp³-hybridized carbons (Fsp3) is 0.0625. The number of hydrogen-bond acceptors (Lipinski definition) is 5. The van der Waals surface area contributed by atoms with E-state index in [0.29, 0.717) is 6.07 Å². The lowest BCUT2D eigenvalue weighted by molar-refractivity contribution is 0.0691. The molecule has 0 amide bonds. The smallest absolute Gasteiger partial charge is 0.338 e. The van der Waals surface area contributed by atoms with Crippen molar-refractivity contribution in [1.29, 1.82) is 0 Å². The number of nitrogens with one attached hydrogen (secondary N) is 1. The quantitative estimate of drug-likeness (QED) is 0.674. The Bertz CT molecular complexity index is 928. The highest BCUT2D eigenvalue weighted by molar-refractivity contribution is 8.00. The molecule has 25 heavy (non-hydrogen) atoms. The second-order valence-corrected chi connectivity index (χ2v) is 6.00.